The summed E-state index contributed by atoms with van der Waals surface area (Å²) in [6, 6.07) is 8.78. The molecule has 22 heavy (non-hydrogen) atoms. The van der Waals surface area contributed by atoms with E-state index in [2.05, 4.69) is 10.5 Å². The second-order valence-corrected chi connectivity index (χ2v) is 6.55. The highest BCUT2D eigenvalue weighted by Gasteiger charge is 2.22. The predicted molar refractivity (Wildman–Crippen MR) is 84.2 cm³/mol. The molecule has 1 heterocycles. The highest BCUT2D eigenvalue weighted by molar-refractivity contribution is 7.85. The van der Waals surface area contributed by atoms with Gasteiger partial charge in [-0.1, -0.05) is 17.3 Å². The van der Waals surface area contributed by atoms with Crippen LogP contribution in [0.3, 0.4) is 0 Å². The number of aryl methyl sites for hydroxylation is 1. The van der Waals surface area contributed by atoms with Crippen LogP contribution in [0.5, 0.6) is 5.75 Å². The molecule has 0 unspecified atom stereocenters. The summed E-state index contributed by atoms with van der Waals surface area (Å²) in [4.78, 5) is 12.2. The van der Waals surface area contributed by atoms with Gasteiger partial charge in [0.15, 0.2) is 0 Å². The van der Waals surface area contributed by atoms with Gasteiger partial charge in [0.25, 0.3) is 0 Å². The highest BCUT2D eigenvalue weighted by atomic mass is 32.2. The molecular weight excluding hydrogens is 304 g/mol. The summed E-state index contributed by atoms with van der Waals surface area (Å²) >= 11 is 0. The SMILES string of the molecule is COc1ccccc1NC(=O)[C@H](C)[S@@](=O)Cc1cc(C)no1. The van der Waals surface area contributed by atoms with Crippen LogP contribution in [0.15, 0.2) is 34.9 Å². The monoisotopic (exact) mass is 322 g/mol. The number of aromatic nitrogens is 1. The van der Waals surface area contributed by atoms with Crippen LogP contribution in [0, 0.1) is 6.92 Å². The number of hydrogen-bond donors (Lipinski definition) is 1. The van der Waals surface area contributed by atoms with E-state index in [0.717, 1.165) is 5.69 Å². The number of carbonyl (C=O) groups is 1. The van der Waals surface area contributed by atoms with Gasteiger partial charge in [-0.2, -0.15) is 0 Å². The lowest BCUT2D eigenvalue weighted by Crippen LogP contribution is -2.29. The summed E-state index contributed by atoms with van der Waals surface area (Å²) in [5.41, 5.74) is 1.27. The number of methoxy groups -OCH3 is 1. The number of rotatable bonds is 6. The summed E-state index contributed by atoms with van der Waals surface area (Å²) in [6.07, 6.45) is 0. The molecule has 2 rings (SSSR count). The van der Waals surface area contributed by atoms with Crippen molar-refractivity contribution in [3.63, 3.8) is 0 Å². The van der Waals surface area contributed by atoms with E-state index in [1.807, 2.05) is 6.07 Å². The van der Waals surface area contributed by atoms with E-state index in [-0.39, 0.29) is 11.7 Å². The lowest BCUT2D eigenvalue weighted by atomic mass is 10.3. The minimum atomic E-state index is -1.40. The van der Waals surface area contributed by atoms with Gasteiger partial charge in [0.1, 0.15) is 16.8 Å². The smallest absolute Gasteiger partial charge is 0.239 e. The maximum atomic E-state index is 12.2. The van der Waals surface area contributed by atoms with Gasteiger partial charge in [0.2, 0.25) is 5.91 Å². The van der Waals surface area contributed by atoms with Gasteiger partial charge >= 0.3 is 0 Å². The highest BCUT2D eigenvalue weighted by Crippen LogP contribution is 2.23. The molecule has 2 aromatic rings. The van der Waals surface area contributed by atoms with Crippen LogP contribution in [-0.2, 0) is 21.3 Å². The van der Waals surface area contributed by atoms with Crippen LogP contribution in [0.2, 0.25) is 0 Å². The molecular formula is C15H18N2O4S. The Morgan fingerprint density at radius 1 is 1.45 bits per heavy atom. The van der Waals surface area contributed by atoms with Crippen molar-refractivity contribution in [2.75, 3.05) is 12.4 Å². The number of nitrogens with zero attached hydrogens (tertiary/aromatic N) is 1. The first-order chi connectivity index (χ1) is 10.5. The summed E-state index contributed by atoms with van der Waals surface area (Å²) in [5.74, 6) is 0.882. The zero-order valence-electron chi connectivity index (χ0n) is 12.7. The third kappa shape index (κ3) is 3.94. The van der Waals surface area contributed by atoms with E-state index >= 15 is 0 Å². The molecule has 0 aliphatic rings. The Kier molecular flexibility index (Phi) is 5.32. The second kappa shape index (κ2) is 7.22. The number of hydrogen-bond acceptors (Lipinski definition) is 5. The molecule has 0 spiro atoms. The van der Waals surface area contributed by atoms with Crippen molar-refractivity contribution < 1.29 is 18.3 Å². The number of carbonyl (C=O) groups excluding carboxylic acids is 1. The van der Waals surface area contributed by atoms with E-state index in [9.17, 15) is 9.00 Å². The first-order valence-corrected chi connectivity index (χ1v) is 8.12. The standard InChI is InChI=1S/C15H18N2O4S/c1-10-8-12(21-17-10)9-22(19)11(2)15(18)16-13-6-4-5-7-14(13)20-3/h4-8,11H,9H2,1-3H3,(H,16,18)/t11-,22-/m0/s1. The number of anilines is 1. The number of amides is 1. The van der Waals surface area contributed by atoms with Crippen LogP contribution in [-0.4, -0.2) is 27.6 Å². The fourth-order valence-corrected chi connectivity index (χ4v) is 2.82. The molecule has 0 saturated heterocycles. The number of para-hydroxylation sites is 2. The average molecular weight is 322 g/mol. The molecule has 1 amide bonds. The summed E-state index contributed by atoms with van der Waals surface area (Å²) in [6.45, 7) is 3.40. The normalized spacial score (nSPS) is 13.4. The molecule has 7 heteroatoms. The van der Waals surface area contributed by atoms with E-state index in [1.165, 1.54) is 7.11 Å². The maximum Gasteiger partial charge on any atom is 0.239 e. The Morgan fingerprint density at radius 2 is 2.18 bits per heavy atom. The molecule has 1 aromatic carbocycles. The third-order valence-corrected chi connectivity index (χ3v) is 4.66. The molecule has 0 aliphatic heterocycles. The number of nitrogens with one attached hydrogen (secondary N) is 1. The van der Waals surface area contributed by atoms with Crippen LogP contribution >= 0.6 is 0 Å². The minimum absolute atomic E-state index is 0.154. The minimum Gasteiger partial charge on any atom is -0.495 e. The Hall–Kier alpha value is -2.15. The van der Waals surface area contributed by atoms with Crippen molar-refractivity contribution in [2.24, 2.45) is 0 Å². The lowest BCUT2D eigenvalue weighted by molar-refractivity contribution is -0.115. The number of benzene rings is 1. The fourth-order valence-electron chi connectivity index (χ4n) is 1.85. The largest absolute Gasteiger partial charge is 0.495 e. The van der Waals surface area contributed by atoms with Crippen LogP contribution < -0.4 is 10.1 Å². The molecule has 118 valence electrons. The summed E-state index contributed by atoms with van der Waals surface area (Å²) in [7, 11) is 0.125. The molecule has 2 atom stereocenters. The first kappa shape index (κ1) is 16.2. The van der Waals surface area contributed by atoms with Crippen molar-refractivity contribution in [1.29, 1.82) is 0 Å². The Labute approximate surface area is 131 Å². The topological polar surface area (TPSA) is 81.4 Å². The van der Waals surface area contributed by atoms with Crippen molar-refractivity contribution in [3.8, 4) is 5.75 Å². The molecule has 0 bridgehead atoms. The van der Waals surface area contributed by atoms with Crippen molar-refractivity contribution in [3.05, 3.63) is 41.8 Å². The Morgan fingerprint density at radius 3 is 2.82 bits per heavy atom. The molecule has 1 aromatic heterocycles. The van der Waals surface area contributed by atoms with Crippen LogP contribution in [0.1, 0.15) is 18.4 Å². The molecule has 0 fully saturated rings. The Bertz CT molecular complexity index is 684. The summed E-state index contributed by atoms with van der Waals surface area (Å²) < 4.78 is 22.4. The zero-order chi connectivity index (χ0) is 16.1. The van der Waals surface area contributed by atoms with Gasteiger partial charge < -0.3 is 14.6 Å². The van der Waals surface area contributed by atoms with E-state index in [1.54, 1.807) is 38.1 Å². The zero-order valence-corrected chi connectivity index (χ0v) is 13.5. The van der Waals surface area contributed by atoms with Gasteiger partial charge in [-0.15, -0.1) is 0 Å². The molecule has 0 radical (unpaired) electrons. The van der Waals surface area contributed by atoms with Gasteiger partial charge in [-0.3, -0.25) is 9.00 Å². The predicted octanol–water partition coefficient (Wildman–Crippen LogP) is 2.27. The van der Waals surface area contributed by atoms with Gasteiger partial charge in [-0.25, -0.2) is 0 Å². The fraction of sp³-hybridized carbons (Fsp3) is 0.333. The van der Waals surface area contributed by atoms with Crippen LogP contribution in [0.4, 0.5) is 5.69 Å². The average Bonchev–Trinajstić information content (AvgIpc) is 2.92. The number of ether oxygens (including phenoxy) is 1. The van der Waals surface area contributed by atoms with Gasteiger partial charge in [0.05, 0.1) is 24.2 Å². The lowest BCUT2D eigenvalue weighted by Gasteiger charge is -2.13. The van der Waals surface area contributed by atoms with Gasteiger partial charge in [0, 0.05) is 16.9 Å². The molecule has 0 saturated carbocycles. The quantitative estimate of drug-likeness (QED) is 0.882. The van der Waals surface area contributed by atoms with E-state index in [4.69, 9.17) is 9.26 Å². The van der Waals surface area contributed by atoms with Crippen molar-refractivity contribution in [1.82, 2.24) is 5.16 Å². The van der Waals surface area contributed by atoms with Crippen molar-refractivity contribution in [2.45, 2.75) is 24.9 Å². The van der Waals surface area contributed by atoms with Crippen LogP contribution in [0.25, 0.3) is 0 Å². The third-order valence-electron chi connectivity index (χ3n) is 3.09. The van der Waals surface area contributed by atoms with E-state index < -0.39 is 16.0 Å². The van der Waals surface area contributed by atoms with Crippen molar-refractivity contribution >= 4 is 22.4 Å². The Balaban J connectivity index is 2.00. The molecule has 1 N–H and O–H groups in total. The maximum absolute atomic E-state index is 12.2. The van der Waals surface area contributed by atoms with Gasteiger partial charge in [-0.05, 0) is 26.0 Å². The second-order valence-electron chi connectivity index (χ2n) is 4.79. The molecule has 6 nitrogen and oxygen atoms in total. The van der Waals surface area contributed by atoms with E-state index in [0.29, 0.717) is 17.2 Å². The molecule has 0 aliphatic carbocycles. The first-order valence-electron chi connectivity index (χ1n) is 6.74. The summed E-state index contributed by atoms with van der Waals surface area (Å²) in [5, 5.41) is 5.78.